The summed E-state index contributed by atoms with van der Waals surface area (Å²) >= 11 is 11.8. The van der Waals surface area contributed by atoms with Crippen LogP contribution in [0.2, 0.25) is 5.02 Å². The molecule has 106 valence electrons. The van der Waals surface area contributed by atoms with Gasteiger partial charge < -0.3 is 9.47 Å². The number of hydrogen-bond donors (Lipinski definition) is 0. The first-order chi connectivity index (χ1) is 9.65. The smallest absolute Gasteiger partial charge is 0.131 e. The summed E-state index contributed by atoms with van der Waals surface area (Å²) in [5, 5.41) is 0.334. The molecule has 0 aromatic heterocycles. The molecule has 0 spiro atoms. The van der Waals surface area contributed by atoms with Gasteiger partial charge in [0.05, 0.1) is 18.0 Å². The summed E-state index contributed by atoms with van der Waals surface area (Å²) in [7, 11) is 1.56. The maximum atomic E-state index is 13.7. The van der Waals surface area contributed by atoms with Crippen molar-refractivity contribution in [1.82, 2.24) is 0 Å². The molecule has 5 heteroatoms. The van der Waals surface area contributed by atoms with Crippen LogP contribution >= 0.6 is 23.2 Å². The zero-order chi connectivity index (χ0) is 14.5. The minimum atomic E-state index is -0.396. The van der Waals surface area contributed by atoms with Crippen molar-refractivity contribution in [1.29, 1.82) is 0 Å². The molecule has 0 atom stereocenters. The third-order valence-corrected chi connectivity index (χ3v) is 3.49. The van der Waals surface area contributed by atoms with Gasteiger partial charge in [0.25, 0.3) is 0 Å². The number of halogens is 3. The molecule has 0 aliphatic carbocycles. The summed E-state index contributed by atoms with van der Waals surface area (Å²) in [4.78, 5) is 0. The third-order valence-electron chi connectivity index (χ3n) is 2.85. The average Bonchev–Trinajstić information content (AvgIpc) is 2.46. The molecule has 0 amide bonds. The van der Waals surface area contributed by atoms with Crippen molar-refractivity contribution in [3.8, 4) is 11.5 Å². The topological polar surface area (TPSA) is 18.5 Å². The molecular weight excluding hydrogens is 302 g/mol. The summed E-state index contributed by atoms with van der Waals surface area (Å²) in [6.45, 7) is 0.0303. The second-order valence-corrected chi connectivity index (χ2v) is 4.77. The van der Waals surface area contributed by atoms with Crippen LogP contribution in [0.5, 0.6) is 11.5 Å². The molecule has 0 fully saturated rings. The molecule has 0 bridgehead atoms. The van der Waals surface area contributed by atoms with Crippen LogP contribution < -0.4 is 9.47 Å². The van der Waals surface area contributed by atoms with Gasteiger partial charge in [-0.15, -0.1) is 11.6 Å². The van der Waals surface area contributed by atoms with Crippen LogP contribution in [0, 0.1) is 5.82 Å². The maximum Gasteiger partial charge on any atom is 0.131 e. The van der Waals surface area contributed by atoms with E-state index < -0.39 is 5.82 Å². The Morgan fingerprint density at radius 1 is 1.20 bits per heavy atom. The molecule has 0 N–H and O–H groups in total. The van der Waals surface area contributed by atoms with Crippen LogP contribution in [-0.4, -0.2) is 7.11 Å². The quantitative estimate of drug-likeness (QED) is 0.738. The fourth-order valence-electron chi connectivity index (χ4n) is 1.73. The first-order valence-electron chi connectivity index (χ1n) is 5.94. The maximum absolute atomic E-state index is 13.7. The standard InChI is InChI=1S/C15H13Cl2FO2/c1-19-11-6-5-10(8-16)15(7-11)20-9-12-13(17)3-2-4-14(12)18/h2-7H,8-9H2,1H3. The second-order valence-electron chi connectivity index (χ2n) is 4.10. The fourth-order valence-corrected chi connectivity index (χ4v) is 2.17. The zero-order valence-electron chi connectivity index (χ0n) is 10.8. The highest BCUT2D eigenvalue weighted by Gasteiger charge is 2.10. The predicted octanol–water partition coefficient (Wildman–Crippen LogP) is 4.81. The number of ether oxygens (including phenoxy) is 2. The summed E-state index contributed by atoms with van der Waals surface area (Å²) < 4.78 is 24.4. The van der Waals surface area contributed by atoms with Crippen LogP contribution in [0.1, 0.15) is 11.1 Å². The van der Waals surface area contributed by atoms with Gasteiger partial charge >= 0.3 is 0 Å². The van der Waals surface area contributed by atoms with Crippen LogP contribution in [0.15, 0.2) is 36.4 Å². The number of benzene rings is 2. The van der Waals surface area contributed by atoms with Gasteiger partial charge in [0, 0.05) is 17.2 Å². The van der Waals surface area contributed by atoms with Crippen LogP contribution in [0.25, 0.3) is 0 Å². The van der Waals surface area contributed by atoms with Crippen molar-refractivity contribution in [2.75, 3.05) is 7.11 Å². The molecule has 0 saturated carbocycles. The Balaban J connectivity index is 2.22. The summed E-state index contributed by atoms with van der Waals surface area (Å²) in [6, 6.07) is 9.84. The number of alkyl halides is 1. The van der Waals surface area contributed by atoms with Gasteiger partial charge in [-0.3, -0.25) is 0 Å². The molecule has 2 rings (SSSR count). The molecule has 0 unspecified atom stereocenters. The Kier molecular flexibility index (Phi) is 5.10. The molecule has 20 heavy (non-hydrogen) atoms. The van der Waals surface area contributed by atoms with Crippen LogP contribution in [0.3, 0.4) is 0 Å². The van der Waals surface area contributed by atoms with Gasteiger partial charge in [-0.2, -0.15) is 0 Å². The minimum Gasteiger partial charge on any atom is -0.497 e. The van der Waals surface area contributed by atoms with E-state index in [0.29, 0.717) is 28.0 Å². The first kappa shape index (κ1) is 14.9. The van der Waals surface area contributed by atoms with E-state index in [9.17, 15) is 4.39 Å². The first-order valence-corrected chi connectivity index (χ1v) is 6.85. The fraction of sp³-hybridized carbons (Fsp3) is 0.200. The van der Waals surface area contributed by atoms with E-state index in [4.69, 9.17) is 32.7 Å². The predicted molar refractivity (Wildman–Crippen MR) is 78.3 cm³/mol. The van der Waals surface area contributed by atoms with E-state index in [-0.39, 0.29) is 6.61 Å². The molecule has 2 aromatic rings. The van der Waals surface area contributed by atoms with Crippen molar-refractivity contribution < 1.29 is 13.9 Å². The summed E-state index contributed by atoms with van der Waals surface area (Å²) in [6.07, 6.45) is 0. The lowest BCUT2D eigenvalue weighted by Gasteiger charge is -2.12. The van der Waals surface area contributed by atoms with E-state index in [0.717, 1.165) is 5.56 Å². The molecule has 0 radical (unpaired) electrons. The minimum absolute atomic E-state index is 0.0303. The Morgan fingerprint density at radius 2 is 2.00 bits per heavy atom. The van der Waals surface area contributed by atoms with Gasteiger partial charge in [0.15, 0.2) is 0 Å². The van der Waals surface area contributed by atoms with Crippen molar-refractivity contribution in [3.05, 3.63) is 58.4 Å². The molecule has 2 aromatic carbocycles. The van der Waals surface area contributed by atoms with Crippen molar-refractivity contribution in [2.24, 2.45) is 0 Å². The van der Waals surface area contributed by atoms with E-state index in [1.807, 2.05) is 6.07 Å². The van der Waals surface area contributed by atoms with Gasteiger partial charge in [-0.25, -0.2) is 4.39 Å². The van der Waals surface area contributed by atoms with Crippen molar-refractivity contribution in [2.45, 2.75) is 12.5 Å². The number of hydrogen-bond acceptors (Lipinski definition) is 2. The Morgan fingerprint density at radius 3 is 2.65 bits per heavy atom. The molecule has 0 saturated heterocycles. The lowest BCUT2D eigenvalue weighted by molar-refractivity contribution is 0.295. The number of rotatable bonds is 5. The zero-order valence-corrected chi connectivity index (χ0v) is 12.3. The largest absolute Gasteiger partial charge is 0.497 e. The molecule has 0 heterocycles. The van der Waals surface area contributed by atoms with E-state index in [2.05, 4.69) is 0 Å². The van der Waals surface area contributed by atoms with Gasteiger partial charge in [0.1, 0.15) is 23.9 Å². The molecule has 0 aliphatic heterocycles. The monoisotopic (exact) mass is 314 g/mol. The molecule has 0 aliphatic rings. The van der Waals surface area contributed by atoms with Crippen molar-refractivity contribution >= 4 is 23.2 Å². The summed E-state index contributed by atoms with van der Waals surface area (Å²) in [5.41, 5.74) is 1.12. The van der Waals surface area contributed by atoms with Gasteiger partial charge in [0.2, 0.25) is 0 Å². The van der Waals surface area contributed by atoms with E-state index in [1.54, 1.807) is 31.4 Å². The Hall–Kier alpha value is -1.45. The Labute approximate surface area is 127 Å². The van der Waals surface area contributed by atoms with Gasteiger partial charge in [-0.1, -0.05) is 23.7 Å². The highest BCUT2D eigenvalue weighted by atomic mass is 35.5. The Bertz CT molecular complexity index is 582. The molecule has 2 nitrogen and oxygen atoms in total. The highest BCUT2D eigenvalue weighted by Crippen LogP contribution is 2.28. The van der Waals surface area contributed by atoms with Crippen molar-refractivity contribution in [3.63, 3.8) is 0 Å². The SMILES string of the molecule is COc1ccc(CCl)c(OCc2c(F)cccc2Cl)c1. The normalized spacial score (nSPS) is 10.4. The van der Waals surface area contributed by atoms with Crippen LogP contribution in [-0.2, 0) is 12.5 Å². The lowest BCUT2D eigenvalue weighted by Crippen LogP contribution is -2.01. The van der Waals surface area contributed by atoms with Crippen LogP contribution in [0.4, 0.5) is 4.39 Å². The second kappa shape index (κ2) is 6.82. The van der Waals surface area contributed by atoms with E-state index in [1.165, 1.54) is 6.07 Å². The highest BCUT2D eigenvalue weighted by molar-refractivity contribution is 6.31. The lowest BCUT2D eigenvalue weighted by atomic mass is 10.2. The van der Waals surface area contributed by atoms with E-state index >= 15 is 0 Å². The molecular formula is C15H13Cl2FO2. The third kappa shape index (κ3) is 3.35. The van der Waals surface area contributed by atoms with Gasteiger partial charge in [-0.05, 0) is 18.2 Å². The summed E-state index contributed by atoms with van der Waals surface area (Å²) in [5.74, 6) is 1.10. The number of methoxy groups -OCH3 is 1. The average molecular weight is 315 g/mol.